The summed E-state index contributed by atoms with van der Waals surface area (Å²) in [5.74, 6) is 0. The first-order chi connectivity index (χ1) is 9.72. The molecule has 0 amide bonds. The van der Waals surface area contributed by atoms with E-state index in [1.54, 1.807) is 0 Å². The summed E-state index contributed by atoms with van der Waals surface area (Å²) in [7, 11) is 0. The lowest BCUT2D eigenvalue weighted by Crippen LogP contribution is -2.32. The van der Waals surface area contributed by atoms with Crippen LogP contribution in [0.3, 0.4) is 0 Å². The summed E-state index contributed by atoms with van der Waals surface area (Å²) in [5, 5.41) is 3.62. The Bertz CT molecular complexity index is 535. The van der Waals surface area contributed by atoms with Gasteiger partial charge in [0.2, 0.25) is 0 Å². The zero-order valence-corrected chi connectivity index (χ0v) is 14.6. The van der Waals surface area contributed by atoms with Crippen LogP contribution in [0.25, 0.3) is 0 Å². The summed E-state index contributed by atoms with van der Waals surface area (Å²) >= 11 is 5.60. The molecule has 2 rings (SSSR count). The fourth-order valence-corrected chi connectivity index (χ4v) is 3.88. The van der Waals surface area contributed by atoms with E-state index in [0.29, 0.717) is 6.04 Å². The smallest absolute Gasteiger partial charge is 0.0207 e. The van der Waals surface area contributed by atoms with Crippen molar-refractivity contribution in [2.75, 3.05) is 6.54 Å². The molecule has 0 aliphatic carbocycles. The van der Waals surface area contributed by atoms with Crippen molar-refractivity contribution in [1.82, 2.24) is 5.32 Å². The second kappa shape index (κ2) is 7.96. The van der Waals surface area contributed by atoms with Gasteiger partial charge in [-0.1, -0.05) is 48.0 Å². The predicted molar refractivity (Wildman–Crippen MR) is 92.7 cm³/mol. The van der Waals surface area contributed by atoms with E-state index >= 15 is 0 Å². The Morgan fingerprint density at radius 3 is 2.45 bits per heavy atom. The molecule has 2 aromatic rings. The third-order valence-electron chi connectivity index (χ3n) is 3.43. The molecule has 0 fully saturated rings. The molecule has 1 aromatic carbocycles. The van der Waals surface area contributed by atoms with E-state index in [4.69, 9.17) is 0 Å². The molecule has 1 heterocycles. The minimum Gasteiger partial charge on any atom is -0.314 e. The fourth-order valence-electron chi connectivity index (χ4n) is 2.40. The van der Waals surface area contributed by atoms with Crippen LogP contribution in [-0.4, -0.2) is 12.6 Å². The van der Waals surface area contributed by atoms with Crippen LogP contribution in [0.15, 0.2) is 40.9 Å². The normalized spacial score (nSPS) is 12.6. The molecule has 108 valence electrons. The first-order valence-corrected chi connectivity index (χ1v) is 8.88. The van der Waals surface area contributed by atoms with Gasteiger partial charge >= 0.3 is 0 Å². The summed E-state index contributed by atoms with van der Waals surface area (Å²) < 4.78 is 1.21. The number of halogens is 1. The van der Waals surface area contributed by atoms with Crippen molar-refractivity contribution in [1.29, 1.82) is 0 Å². The van der Waals surface area contributed by atoms with E-state index < -0.39 is 0 Å². The van der Waals surface area contributed by atoms with Crippen molar-refractivity contribution >= 4 is 27.3 Å². The highest BCUT2D eigenvalue weighted by Crippen LogP contribution is 2.22. The van der Waals surface area contributed by atoms with Gasteiger partial charge in [0.1, 0.15) is 0 Å². The first-order valence-electron chi connectivity index (χ1n) is 7.27. The van der Waals surface area contributed by atoms with Crippen molar-refractivity contribution in [2.24, 2.45) is 0 Å². The van der Waals surface area contributed by atoms with Gasteiger partial charge in [-0.2, -0.15) is 0 Å². The Hall–Kier alpha value is -0.640. The lowest BCUT2D eigenvalue weighted by molar-refractivity contribution is 0.524. The molecule has 0 saturated heterocycles. The number of thiophene rings is 1. The van der Waals surface area contributed by atoms with E-state index in [1.807, 2.05) is 11.3 Å². The van der Waals surface area contributed by atoms with Gasteiger partial charge < -0.3 is 5.32 Å². The van der Waals surface area contributed by atoms with E-state index in [9.17, 15) is 0 Å². The quantitative estimate of drug-likeness (QED) is 0.752. The predicted octanol–water partition coefficient (Wildman–Crippen LogP) is 4.84. The average Bonchev–Trinajstić information content (AvgIpc) is 2.89. The van der Waals surface area contributed by atoms with Crippen molar-refractivity contribution in [3.05, 3.63) is 56.2 Å². The summed E-state index contributed by atoms with van der Waals surface area (Å²) in [6, 6.07) is 13.6. The zero-order chi connectivity index (χ0) is 14.4. The highest BCUT2D eigenvalue weighted by Gasteiger charge is 2.12. The highest BCUT2D eigenvalue weighted by atomic mass is 79.9. The molecule has 0 aliphatic rings. The first kappa shape index (κ1) is 15.7. The number of likely N-dealkylation sites (N-methyl/N-ethyl adjacent to an activating group) is 1. The van der Waals surface area contributed by atoms with Crippen LogP contribution in [0.5, 0.6) is 0 Å². The van der Waals surface area contributed by atoms with Gasteiger partial charge in [-0.25, -0.2) is 0 Å². The van der Waals surface area contributed by atoms with Crippen LogP contribution in [0.2, 0.25) is 0 Å². The topological polar surface area (TPSA) is 12.0 Å². The van der Waals surface area contributed by atoms with Crippen molar-refractivity contribution < 1.29 is 0 Å². The van der Waals surface area contributed by atoms with Crippen LogP contribution in [-0.2, 0) is 19.3 Å². The summed E-state index contributed by atoms with van der Waals surface area (Å²) in [5.41, 5.74) is 1.38. The molecule has 0 saturated carbocycles. The lowest BCUT2D eigenvalue weighted by atomic mass is 10.0. The Morgan fingerprint density at radius 2 is 1.80 bits per heavy atom. The Kier molecular flexibility index (Phi) is 6.27. The van der Waals surface area contributed by atoms with Crippen LogP contribution < -0.4 is 5.32 Å². The minimum atomic E-state index is 0.502. The number of hydrogen-bond donors (Lipinski definition) is 1. The number of benzene rings is 1. The maximum absolute atomic E-state index is 3.65. The van der Waals surface area contributed by atoms with Gasteiger partial charge in [0.05, 0.1) is 0 Å². The Balaban J connectivity index is 2.05. The zero-order valence-electron chi connectivity index (χ0n) is 12.2. The van der Waals surface area contributed by atoms with Gasteiger partial charge in [-0.05, 0) is 49.6 Å². The second-order valence-electron chi connectivity index (χ2n) is 4.98. The second-order valence-corrected chi connectivity index (χ2v) is 7.08. The van der Waals surface area contributed by atoms with Crippen LogP contribution in [0.1, 0.15) is 29.2 Å². The van der Waals surface area contributed by atoms with E-state index in [0.717, 1.165) is 25.8 Å². The summed E-state index contributed by atoms with van der Waals surface area (Å²) in [4.78, 5) is 2.97. The Morgan fingerprint density at radius 1 is 1.05 bits per heavy atom. The lowest BCUT2D eigenvalue weighted by Gasteiger charge is -2.18. The van der Waals surface area contributed by atoms with Gasteiger partial charge in [0, 0.05) is 20.3 Å². The molecular weight excluding hydrogens is 330 g/mol. The number of hydrogen-bond acceptors (Lipinski definition) is 2. The van der Waals surface area contributed by atoms with E-state index in [-0.39, 0.29) is 0 Å². The molecule has 1 nitrogen and oxygen atoms in total. The molecule has 0 radical (unpaired) electrons. The van der Waals surface area contributed by atoms with Crippen molar-refractivity contribution in [3.63, 3.8) is 0 Å². The highest BCUT2D eigenvalue weighted by molar-refractivity contribution is 9.10. The average molecular weight is 352 g/mol. The van der Waals surface area contributed by atoms with Crippen LogP contribution >= 0.6 is 27.3 Å². The maximum Gasteiger partial charge on any atom is 0.0207 e. The molecule has 1 N–H and O–H groups in total. The number of nitrogens with one attached hydrogen (secondary N) is 1. The van der Waals surface area contributed by atoms with E-state index in [1.165, 1.54) is 19.8 Å². The maximum atomic E-state index is 3.65. The summed E-state index contributed by atoms with van der Waals surface area (Å²) in [6.45, 7) is 5.42. The minimum absolute atomic E-state index is 0.502. The molecule has 1 unspecified atom stereocenters. The number of aryl methyl sites for hydroxylation is 1. The van der Waals surface area contributed by atoms with Gasteiger partial charge in [-0.3, -0.25) is 0 Å². The molecule has 3 heteroatoms. The molecule has 1 atom stereocenters. The SMILES string of the molecule is CCNC(Cc1ccc(CC)s1)Cc1ccccc1Br. The third-order valence-corrected chi connectivity index (χ3v) is 5.46. The monoisotopic (exact) mass is 351 g/mol. The number of rotatable bonds is 7. The fraction of sp³-hybridized carbons (Fsp3) is 0.412. The molecule has 0 spiro atoms. The third kappa shape index (κ3) is 4.44. The van der Waals surface area contributed by atoms with Crippen molar-refractivity contribution in [3.8, 4) is 0 Å². The van der Waals surface area contributed by atoms with E-state index in [2.05, 4.69) is 71.5 Å². The molecule has 20 heavy (non-hydrogen) atoms. The summed E-state index contributed by atoms with van der Waals surface area (Å²) in [6.07, 6.45) is 3.31. The standard InChI is InChI=1S/C17H22BrNS/c1-3-15-9-10-16(20-15)12-14(19-4-2)11-13-7-5-6-8-17(13)18/h5-10,14,19H,3-4,11-12H2,1-2H3. The van der Waals surface area contributed by atoms with Gasteiger partial charge in [0.15, 0.2) is 0 Å². The van der Waals surface area contributed by atoms with Crippen molar-refractivity contribution in [2.45, 2.75) is 39.2 Å². The van der Waals surface area contributed by atoms with Crippen LogP contribution in [0, 0.1) is 0 Å². The molecule has 0 bridgehead atoms. The van der Waals surface area contributed by atoms with Gasteiger partial charge in [-0.15, -0.1) is 11.3 Å². The molecular formula is C17H22BrNS. The molecule has 0 aliphatic heterocycles. The largest absolute Gasteiger partial charge is 0.314 e. The van der Waals surface area contributed by atoms with Gasteiger partial charge in [0.25, 0.3) is 0 Å². The molecule has 1 aromatic heterocycles. The van der Waals surface area contributed by atoms with Crippen LogP contribution in [0.4, 0.5) is 0 Å². The Labute approximate surface area is 134 Å².